The van der Waals surface area contributed by atoms with Crippen LogP contribution in [0.15, 0.2) is 29.7 Å². The number of hydrogen-bond acceptors (Lipinski definition) is 3. The third-order valence-corrected chi connectivity index (χ3v) is 3.40. The predicted molar refractivity (Wildman–Crippen MR) is 61.1 cm³/mol. The molecule has 0 aliphatic heterocycles. The Kier molecular flexibility index (Phi) is 3.56. The third kappa shape index (κ3) is 2.93. The summed E-state index contributed by atoms with van der Waals surface area (Å²) in [5.74, 6) is 0.332. The molecular weight excluding hydrogens is 208 g/mol. The average molecular weight is 222 g/mol. The van der Waals surface area contributed by atoms with Gasteiger partial charge in [-0.05, 0) is 36.6 Å². The molecule has 0 fully saturated rings. The van der Waals surface area contributed by atoms with Gasteiger partial charge in [-0.1, -0.05) is 18.2 Å². The van der Waals surface area contributed by atoms with Crippen molar-refractivity contribution in [2.45, 2.75) is 19.3 Å². The zero-order chi connectivity index (χ0) is 10.5. The molecule has 2 nitrogen and oxygen atoms in total. The second-order valence-corrected chi connectivity index (χ2v) is 4.67. The lowest BCUT2D eigenvalue weighted by Gasteiger charge is -2.16. The molecule has 1 atom stereocenters. The second-order valence-electron chi connectivity index (χ2n) is 3.73. The third-order valence-electron chi connectivity index (χ3n) is 2.55. The Hall–Kier alpha value is -1.09. The first kappa shape index (κ1) is 10.4. The molecule has 1 aromatic rings. The van der Waals surface area contributed by atoms with Crippen molar-refractivity contribution in [1.29, 1.82) is 0 Å². The molecule has 15 heavy (non-hydrogen) atoms. The van der Waals surface area contributed by atoms with E-state index in [1.165, 1.54) is 11.3 Å². The van der Waals surface area contributed by atoms with Crippen LogP contribution in [0.25, 0.3) is 0 Å². The van der Waals surface area contributed by atoms with E-state index in [4.69, 9.17) is 4.74 Å². The summed E-state index contributed by atoms with van der Waals surface area (Å²) in [5.41, 5.74) is 0. The van der Waals surface area contributed by atoms with Gasteiger partial charge in [-0.3, -0.25) is 0 Å². The Balaban J connectivity index is 1.78. The van der Waals surface area contributed by atoms with E-state index in [1.54, 1.807) is 6.07 Å². The SMILES string of the molecule is O=C(OCC1CC=CCC1)c1cccs1. The van der Waals surface area contributed by atoms with Crippen molar-refractivity contribution in [1.82, 2.24) is 0 Å². The highest BCUT2D eigenvalue weighted by Gasteiger charge is 2.14. The van der Waals surface area contributed by atoms with Crippen LogP contribution in [0, 0.1) is 5.92 Å². The maximum atomic E-state index is 11.5. The first-order valence-electron chi connectivity index (χ1n) is 5.22. The van der Waals surface area contributed by atoms with Crippen LogP contribution in [0.2, 0.25) is 0 Å². The highest BCUT2D eigenvalue weighted by atomic mass is 32.1. The van der Waals surface area contributed by atoms with E-state index >= 15 is 0 Å². The van der Waals surface area contributed by atoms with Crippen molar-refractivity contribution < 1.29 is 9.53 Å². The maximum absolute atomic E-state index is 11.5. The highest BCUT2D eigenvalue weighted by molar-refractivity contribution is 7.11. The quantitative estimate of drug-likeness (QED) is 0.579. The topological polar surface area (TPSA) is 26.3 Å². The van der Waals surface area contributed by atoms with Crippen LogP contribution in [0.4, 0.5) is 0 Å². The maximum Gasteiger partial charge on any atom is 0.348 e. The number of allylic oxidation sites excluding steroid dienone is 2. The molecule has 1 heterocycles. The molecule has 0 spiro atoms. The zero-order valence-electron chi connectivity index (χ0n) is 8.52. The summed E-state index contributed by atoms with van der Waals surface area (Å²) in [6.07, 6.45) is 7.65. The molecule has 80 valence electrons. The van der Waals surface area contributed by atoms with Crippen molar-refractivity contribution >= 4 is 17.3 Å². The number of rotatable bonds is 3. The van der Waals surface area contributed by atoms with Gasteiger partial charge in [0.25, 0.3) is 0 Å². The zero-order valence-corrected chi connectivity index (χ0v) is 9.33. The number of thiophene rings is 1. The van der Waals surface area contributed by atoms with E-state index < -0.39 is 0 Å². The number of carbonyl (C=O) groups is 1. The van der Waals surface area contributed by atoms with E-state index in [9.17, 15) is 4.79 Å². The van der Waals surface area contributed by atoms with Gasteiger partial charge in [0.05, 0.1) is 6.61 Å². The molecule has 1 aromatic heterocycles. The minimum Gasteiger partial charge on any atom is -0.461 e. The summed E-state index contributed by atoms with van der Waals surface area (Å²) in [7, 11) is 0. The fourth-order valence-corrected chi connectivity index (χ4v) is 2.28. The summed E-state index contributed by atoms with van der Waals surface area (Å²) < 4.78 is 5.26. The Morgan fingerprint density at radius 1 is 1.53 bits per heavy atom. The molecule has 1 aliphatic carbocycles. The number of hydrogen-bond donors (Lipinski definition) is 0. The Morgan fingerprint density at radius 2 is 2.47 bits per heavy atom. The van der Waals surface area contributed by atoms with Crippen molar-refractivity contribution in [2.24, 2.45) is 5.92 Å². The van der Waals surface area contributed by atoms with Crippen LogP contribution >= 0.6 is 11.3 Å². The van der Waals surface area contributed by atoms with Gasteiger partial charge < -0.3 is 4.74 Å². The lowest BCUT2D eigenvalue weighted by molar-refractivity contribution is 0.0438. The van der Waals surface area contributed by atoms with Crippen LogP contribution in [0.1, 0.15) is 28.9 Å². The Labute approximate surface area is 93.6 Å². The monoisotopic (exact) mass is 222 g/mol. The number of ether oxygens (including phenoxy) is 1. The van der Waals surface area contributed by atoms with E-state index in [1.807, 2.05) is 11.4 Å². The molecule has 1 unspecified atom stereocenters. The van der Waals surface area contributed by atoms with Crippen LogP contribution in [0.5, 0.6) is 0 Å². The van der Waals surface area contributed by atoms with Gasteiger partial charge in [0.1, 0.15) is 4.88 Å². The summed E-state index contributed by atoms with van der Waals surface area (Å²) in [6.45, 7) is 0.557. The molecule has 3 heteroatoms. The normalized spacial score (nSPS) is 20.1. The van der Waals surface area contributed by atoms with E-state index in [0.29, 0.717) is 17.4 Å². The molecule has 0 N–H and O–H groups in total. The first-order valence-corrected chi connectivity index (χ1v) is 6.10. The smallest absolute Gasteiger partial charge is 0.348 e. The van der Waals surface area contributed by atoms with Crippen molar-refractivity contribution in [3.05, 3.63) is 34.5 Å². The van der Waals surface area contributed by atoms with Gasteiger partial charge in [0, 0.05) is 0 Å². The van der Waals surface area contributed by atoms with Crippen LogP contribution in [0.3, 0.4) is 0 Å². The summed E-state index contributed by atoms with van der Waals surface area (Å²) in [4.78, 5) is 12.2. The molecule has 0 saturated carbocycles. The molecular formula is C12H14O2S. The fourth-order valence-electron chi connectivity index (χ4n) is 1.67. The minimum atomic E-state index is -0.181. The molecule has 0 saturated heterocycles. The van der Waals surface area contributed by atoms with Crippen molar-refractivity contribution in [3.8, 4) is 0 Å². The van der Waals surface area contributed by atoms with Gasteiger partial charge in [0.15, 0.2) is 0 Å². The Bertz CT molecular complexity index is 341. The molecule has 0 bridgehead atoms. The standard InChI is InChI=1S/C12H14O2S/c13-12(11-7-4-8-15-11)14-9-10-5-2-1-3-6-10/h1-2,4,7-8,10H,3,5-6,9H2. The van der Waals surface area contributed by atoms with E-state index in [-0.39, 0.29) is 5.97 Å². The van der Waals surface area contributed by atoms with Gasteiger partial charge in [-0.2, -0.15) is 0 Å². The minimum absolute atomic E-state index is 0.181. The van der Waals surface area contributed by atoms with Gasteiger partial charge in [-0.15, -0.1) is 11.3 Å². The first-order chi connectivity index (χ1) is 7.36. The molecule has 0 aromatic carbocycles. The summed E-state index contributed by atoms with van der Waals surface area (Å²) in [5, 5.41) is 1.89. The summed E-state index contributed by atoms with van der Waals surface area (Å²) in [6, 6.07) is 3.67. The highest BCUT2D eigenvalue weighted by Crippen LogP contribution is 2.19. The van der Waals surface area contributed by atoms with E-state index in [2.05, 4.69) is 12.2 Å². The molecule has 0 amide bonds. The second kappa shape index (κ2) is 5.12. The summed E-state index contributed by atoms with van der Waals surface area (Å²) >= 11 is 1.43. The van der Waals surface area contributed by atoms with Gasteiger partial charge >= 0.3 is 5.97 Å². The fraction of sp³-hybridized carbons (Fsp3) is 0.417. The van der Waals surface area contributed by atoms with Gasteiger partial charge in [-0.25, -0.2) is 4.79 Å². The molecule has 0 radical (unpaired) electrons. The van der Waals surface area contributed by atoms with E-state index in [0.717, 1.165) is 19.3 Å². The van der Waals surface area contributed by atoms with Crippen molar-refractivity contribution in [2.75, 3.05) is 6.61 Å². The lowest BCUT2D eigenvalue weighted by atomic mass is 9.95. The largest absolute Gasteiger partial charge is 0.461 e. The van der Waals surface area contributed by atoms with Crippen LogP contribution in [-0.4, -0.2) is 12.6 Å². The predicted octanol–water partition coefficient (Wildman–Crippen LogP) is 3.26. The molecule has 2 rings (SSSR count). The van der Waals surface area contributed by atoms with Crippen LogP contribution < -0.4 is 0 Å². The number of esters is 1. The van der Waals surface area contributed by atoms with Crippen molar-refractivity contribution in [3.63, 3.8) is 0 Å². The van der Waals surface area contributed by atoms with Crippen LogP contribution in [-0.2, 0) is 4.74 Å². The Morgan fingerprint density at radius 3 is 3.13 bits per heavy atom. The molecule has 1 aliphatic rings. The number of carbonyl (C=O) groups excluding carboxylic acids is 1. The lowest BCUT2D eigenvalue weighted by Crippen LogP contribution is -2.14. The van der Waals surface area contributed by atoms with Gasteiger partial charge in [0.2, 0.25) is 0 Å². The average Bonchev–Trinajstić information content (AvgIpc) is 2.81.